The van der Waals surface area contributed by atoms with Crippen LogP contribution >= 0.6 is 11.6 Å². The molecule has 2 rings (SSSR count). The third-order valence-corrected chi connectivity index (χ3v) is 5.05. The van der Waals surface area contributed by atoms with E-state index < -0.39 is 10.0 Å². The van der Waals surface area contributed by atoms with Crippen LogP contribution in [0.3, 0.4) is 0 Å². The van der Waals surface area contributed by atoms with Gasteiger partial charge in [0.15, 0.2) is 0 Å². The van der Waals surface area contributed by atoms with Crippen LogP contribution < -0.4 is 4.72 Å². The SMILES string of the molecule is CC[C@@H](NS(=O)(=O)c1ccc(Cl)cc1)c1ccc(C)cc1. The Kier molecular flexibility index (Phi) is 5.04. The summed E-state index contributed by atoms with van der Waals surface area (Å²) in [6.07, 6.45) is 0.676. The lowest BCUT2D eigenvalue weighted by Crippen LogP contribution is -2.28. The van der Waals surface area contributed by atoms with Gasteiger partial charge in [-0.1, -0.05) is 48.4 Å². The molecule has 0 aliphatic carbocycles. The van der Waals surface area contributed by atoms with E-state index in [2.05, 4.69) is 4.72 Å². The lowest BCUT2D eigenvalue weighted by Gasteiger charge is -2.18. The van der Waals surface area contributed by atoms with E-state index in [1.54, 1.807) is 12.1 Å². The maximum Gasteiger partial charge on any atom is 0.241 e. The molecule has 0 aromatic heterocycles. The second-order valence-corrected chi connectivity index (χ2v) is 7.10. The van der Waals surface area contributed by atoms with E-state index in [0.29, 0.717) is 11.4 Å². The smallest absolute Gasteiger partial charge is 0.207 e. The Morgan fingerprint density at radius 2 is 1.62 bits per heavy atom. The molecule has 2 aromatic carbocycles. The number of hydrogen-bond acceptors (Lipinski definition) is 2. The molecule has 2 aromatic rings. The Morgan fingerprint density at radius 3 is 2.14 bits per heavy atom. The van der Waals surface area contributed by atoms with Gasteiger partial charge in [-0.05, 0) is 43.2 Å². The van der Waals surface area contributed by atoms with Gasteiger partial charge in [-0.3, -0.25) is 0 Å². The number of benzene rings is 2. The van der Waals surface area contributed by atoms with Gasteiger partial charge >= 0.3 is 0 Å². The molecule has 3 nitrogen and oxygen atoms in total. The highest BCUT2D eigenvalue weighted by Gasteiger charge is 2.20. The van der Waals surface area contributed by atoms with Crippen LogP contribution in [0.25, 0.3) is 0 Å². The highest BCUT2D eigenvalue weighted by Crippen LogP contribution is 2.21. The topological polar surface area (TPSA) is 46.2 Å². The van der Waals surface area contributed by atoms with Gasteiger partial charge in [-0.25, -0.2) is 13.1 Å². The Labute approximate surface area is 131 Å². The highest BCUT2D eigenvalue weighted by atomic mass is 35.5. The van der Waals surface area contributed by atoms with Crippen LogP contribution in [-0.4, -0.2) is 8.42 Å². The summed E-state index contributed by atoms with van der Waals surface area (Å²) in [6, 6.07) is 13.8. The molecule has 0 aliphatic heterocycles. The normalized spacial score (nSPS) is 13.1. The van der Waals surface area contributed by atoms with Gasteiger partial charge in [0.2, 0.25) is 10.0 Å². The second-order valence-electron chi connectivity index (χ2n) is 4.95. The molecule has 0 spiro atoms. The third kappa shape index (κ3) is 4.06. The minimum atomic E-state index is -3.56. The summed E-state index contributed by atoms with van der Waals surface area (Å²) in [6.45, 7) is 3.96. The van der Waals surface area contributed by atoms with Gasteiger partial charge in [0.05, 0.1) is 4.90 Å². The van der Waals surface area contributed by atoms with Crippen molar-refractivity contribution in [1.82, 2.24) is 4.72 Å². The molecule has 0 unspecified atom stereocenters. The molecule has 0 heterocycles. The standard InChI is InChI=1S/C16H18ClNO2S/c1-3-16(13-6-4-12(2)5-7-13)18-21(19,20)15-10-8-14(17)9-11-15/h4-11,16,18H,3H2,1-2H3/t16-/m1/s1. The molecule has 1 N–H and O–H groups in total. The average molecular weight is 324 g/mol. The van der Waals surface area contributed by atoms with Crippen LogP contribution in [-0.2, 0) is 10.0 Å². The average Bonchev–Trinajstić information content (AvgIpc) is 2.46. The van der Waals surface area contributed by atoms with Gasteiger partial charge in [-0.2, -0.15) is 0 Å². The van der Waals surface area contributed by atoms with E-state index in [0.717, 1.165) is 11.1 Å². The first-order valence-corrected chi connectivity index (χ1v) is 8.63. The van der Waals surface area contributed by atoms with E-state index in [1.165, 1.54) is 12.1 Å². The maximum absolute atomic E-state index is 12.4. The number of aryl methyl sites for hydroxylation is 1. The van der Waals surface area contributed by atoms with Crippen molar-refractivity contribution in [2.45, 2.75) is 31.2 Å². The zero-order chi connectivity index (χ0) is 15.5. The zero-order valence-corrected chi connectivity index (χ0v) is 13.6. The fourth-order valence-electron chi connectivity index (χ4n) is 2.05. The molecule has 0 fully saturated rings. The third-order valence-electron chi connectivity index (χ3n) is 3.31. The van der Waals surface area contributed by atoms with E-state index in [1.807, 2.05) is 38.1 Å². The summed E-state index contributed by atoms with van der Waals surface area (Å²) in [5.74, 6) is 0. The first-order chi connectivity index (χ1) is 9.92. The Morgan fingerprint density at radius 1 is 1.05 bits per heavy atom. The number of sulfonamides is 1. The Hall–Kier alpha value is -1.36. The van der Waals surface area contributed by atoms with Gasteiger partial charge in [0.25, 0.3) is 0 Å². The second kappa shape index (κ2) is 6.60. The van der Waals surface area contributed by atoms with Crippen molar-refractivity contribution >= 4 is 21.6 Å². The molecule has 112 valence electrons. The number of nitrogens with one attached hydrogen (secondary N) is 1. The molecule has 0 bridgehead atoms. The zero-order valence-electron chi connectivity index (χ0n) is 12.0. The first-order valence-electron chi connectivity index (χ1n) is 6.77. The van der Waals surface area contributed by atoms with E-state index >= 15 is 0 Å². The van der Waals surface area contributed by atoms with Crippen molar-refractivity contribution in [2.24, 2.45) is 0 Å². The first kappa shape index (κ1) is 16.0. The lowest BCUT2D eigenvalue weighted by atomic mass is 10.0. The van der Waals surface area contributed by atoms with Crippen molar-refractivity contribution in [1.29, 1.82) is 0 Å². The molecule has 0 amide bonds. The molecular weight excluding hydrogens is 306 g/mol. The summed E-state index contributed by atoms with van der Waals surface area (Å²) in [7, 11) is -3.56. The number of halogens is 1. The summed E-state index contributed by atoms with van der Waals surface area (Å²) >= 11 is 5.79. The van der Waals surface area contributed by atoms with Crippen molar-refractivity contribution in [3.05, 3.63) is 64.7 Å². The molecular formula is C16H18ClNO2S. The number of rotatable bonds is 5. The van der Waals surface area contributed by atoms with Crippen LogP contribution in [0.5, 0.6) is 0 Å². The monoisotopic (exact) mass is 323 g/mol. The van der Waals surface area contributed by atoms with E-state index in [9.17, 15) is 8.42 Å². The number of hydrogen-bond donors (Lipinski definition) is 1. The summed E-state index contributed by atoms with van der Waals surface area (Å²) in [4.78, 5) is 0.220. The molecule has 5 heteroatoms. The molecule has 0 saturated heterocycles. The highest BCUT2D eigenvalue weighted by molar-refractivity contribution is 7.89. The van der Waals surface area contributed by atoms with Crippen molar-refractivity contribution in [3.8, 4) is 0 Å². The minimum Gasteiger partial charge on any atom is -0.207 e. The predicted octanol–water partition coefficient (Wildman–Crippen LogP) is 4.08. The molecule has 21 heavy (non-hydrogen) atoms. The van der Waals surface area contributed by atoms with E-state index in [-0.39, 0.29) is 10.9 Å². The fourth-order valence-corrected chi connectivity index (χ4v) is 3.49. The van der Waals surface area contributed by atoms with Crippen LogP contribution in [0.15, 0.2) is 53.4 Å². The lowest BCUT2D eigenvalue weighted by molar-refractivity contribution is 0.550. The largest absolute Gasteiger partial charge is 0.241 e. The maximum atomic E-state index is 12.4. The molecule has 0 saturated carbocycles. The molecule has 1 atom stereocenters. The quantitative estimate of drug-likeness (QED) is 0.901. The van der Waals surface area contributed by atoms with Gasteiger partial charge < -0.3 is 0 Å². The summed E-state index contributed by atoms with van der Waals surface area (Å²) < 4.78 is 27.5. The summed E-state index contributed by atoms with van der Waals surface area (Å²) in [5, 5.41) is 0.513. The van der Waals surface area contributed by atoms with Gasteiger partial charge in [0.1, 0.15) is 0 Å². The predicted molar refractivity (Wildman–Crippen MR) is 86.0 cm³/mol. The minimum absolute atomic E-state index is 0.220. The van der Waals surface area contributed by atoms with Crippen LogP contribution in [0, 0.1) is 6.92 Å². The van der Waals surface area contributed by atoms with Crippen LogP contribution in [0.2, 0.25) is 5.02 Å². The molecule has 0 radical (unpaired) electrons. The van der Waals surface area contributed by atoms with Crippen LogP contribution in [0.1, 0.15) is 30.5 Å². The fraction of sp³-hybridized carbons (Fsp3) is 0.250. The van der Waals surface area contributed by atoms with Gasteiger partial charge in [-0.15, -0.1) is 0 Å². The van der Waals surface area contributed by atoms with Crippen molar-refractivity contribution in [3.63, 3.8) is 0 Å². The van der Waals surface area contributed by atoms with Crippen molar-refractivity contribution < 1.29 is 8.42 Å². The Balaban J connectivity index is 2.24. The molecule has 0 aliphatic rings. The van der Waals surface area contributed by atoms with Gasteiger partial charge in [0, 0.05) is 11.1 Å². The van der Waals surface area contributed by atoms with Crippen LogP contribution in [0.4, 0.5) is 0 Å². The van der Waals surface area contributed by atoms with E-state index in [4.69, 9.17) is 11.6 Å². The summed E-state index contributed by atoms with van der Waals surface area (Å²) in [5.41, 5.74) is 2.11. The van der Waals surface area contributed by atoms with Crippen molar-refractivity contribution in [2.75, 3.05) is 0 Å². The Bertz CT molecular complexity index is 694.